The van der Waals surface area contributed by atoms with E-state index in [1.165, 1.54) is 0 Å². The van der Waals surface area contributed by atoms with E-state index in [4.69, 9.17) is 4.52 Å². The molecule has 116 valence electrons. The number of phenols is 1. The van der Waals surface area contributed by atoms with Crippen LogP contribution >= 0.6 is 0 Å². The van der Waals surface area contributed by atoms with Gasteiger partial charge >= 0.3 is 0 Å². The first kappa shape index (κ1) is 14.8. The van der Waals surface area contributed by atoms with Gasteiger partial charge in [0.2, 0.25) is 0 Å². The fourth-order valence-electron chi connectivity index (χ4n) is 2.20. The summed E-state index contributed by atoms with van der Waals surface area (Å²) in [6, 6.07) is 18.0. The van der Waals surface area contributed by atoms with Crippen molar-refractivity contribution in [2.24, 2.45) is 0 Å². The maximum absolute atomic E-state index is 12.1. The molecular formula is C18H16N2O3. The smallest absolute Gasteiger partial charge is 0.273 e. The van der Waals surface area contributed by atoms with E-state index in [0.717, 1.165) is 17.5 Å². The average Bonchev–Trinajstić information content (AvgIpc) is 3.06. The topological polar surface area (TPSA) is 75.4 Å². The molecule has 0 saturated heterocycles. The molecule has 5 heteroatoms. The summed E-state index contributed by atoms with van der Waals surface area (Å²) >= 11 is 0. The van der Waals surface area contributed by atoms with Gasteiger partial charge in [0.1, 0.15) is 5.75 Å². The lowest BCUT2D eigenvalue weighted by Crippen LogP contribution is -2.25. The SMILES string of the molecule is O=C(NCCc1ccccc1)c1cc(-c2ccc(O)cc2)on1. The van der Waals surface area contributed by atoms with Crippen LogP contribution in [0.25, 0.3) is 11.3 Å². The van der Waals surface area contributed by atoms with Gasteiger partial charge in [-0.15, -0.1) is 0 Å². The number of amides is 1. The van der Waals surface area contributed by atoms with Crippen molar-refractivity contribution in [3.8, 4) is 17.1 Å². The summed E-state index contributed by atoms with van der Waals surface area (Å²) in [6.07, 6.45) is 0.759. The molecule has 3 rings (SSSR count). The quantitative estimate of drug-likeness (QED) is 0.759. The van der Waals surface area contributed by atoms with Crippen molar-refractivity contribution in [3.05, 3.63) is 71.9 Å². The Morgan fingerprint density at radius 3 is 2.57 bits per heavy atom. The van der Waals surface area contributed by atoms with Gasteiger partial charge in [-0.2, -0.15) is 0 Å². The Morgan fingerprint density at radius 2 is 1.83 bits per heavy atom. The van der Waals surface area contributed by atoms with E-state index in [1.807, 2.05) is 30.3 Å². The maximum atomic E-state index is 12.1. The lowest BCUT2D eigenvalue weighted by molar-refractivity contribution is 0.0945. The third-order valence-corrected chi connectivity index (χ3v) is 3.44. The highest BCUT2D eigenvalue weighted by atomic mass is 16.5. The lowest BCUT2D eigenvalue weighted by atomic mass is 10.1. The molecule has 0 unspecified atom stereocenters. The largest absolute Gasteiger partial charge is 0.508 e. The van der Waals surface area contributed by atoms with Crippen LogP contribution in [0.5, 0.6) is 5.75 Å². The molecule has 23 heavy (non-hydrogen) atoms. The van der Waals surface area contributed by atoms with Crippen LogP contribution in [0.4, 0.5) is 0 Å². The van der Waals surface area contributed by atoms with E-state index < -0.39 is 0 Å². The molecule has 1 heterocycles. The number of aromatic nitrogens is 1. The van der Waals surface area contributed by atoms with E-state index in [0.29, 0.717) is 12.3 Å². The Labute approximate surface area is 133 Å². The summed E-state index contributed by atoms with van der Waals surface area (Å²) in [5.41, 5.74) is 2.15. The number of phenolic OH excluding ortho intramolecular Hbond substituents is 1. The van der Waals surface area contributed by atoms with Crippen LogP contribution in [0.1, 0.15) is 16.1 Å². The fraction of sp³-hybridized carbons (Fsp3) is 0.111. The van der Waals surface area contributed by atoms with E-state index in [1.54, 1.807) is 30.3 Å². The molecule has 0 aliphatic carbocycles. The predicted molar refractivity (Wildman–Crippen MR) is 86.1 cm³/mol. The van der Waals surface area contributed by atoms with Crippen molar-refractivity contribution in [1.82, 2.24) is 10.5 Å². The highest BCUT2D eigenvalue weighted by Gasteiger charge is 2.13. The number of carbonyl (C=O) groups excluding carboxylic acids is 1. The minimum absolute atomic E-state index is 0.173. The minimum Gasteiger partial charge on any atom is -0.508 e. The number of rotatable bonds is 5. The van der Waals surface area contributed by atoms with E-state index in [9.17, 15) is 9.90 Å². The molecule has 3 aromatic rings. The van der Waals surface area contributed by atoms with Gasteiger partial charge in [-0.1, -0.05) is 35.5 Å². The zero-order valence-electron chi connectivity index (χ0n) is 12.4. The van der Waals surface area contributed by atoms with Gasteiger partial charge in [0.05, 0.1) is 0 Å². The molecule has 0 bridgehead atoms. The summed E-state index contributed by atoms with van der Waals surface area (Å²) < 4.78 is 5.18. The van der Waals surface area contributed by atoms with Crippen molar-refractivity contribution >= 4 is 5.91 Å². The lowest BCUT2D eigenvalue weighted by Gasteiger charge is -2.02. The van der Waals surface area contributed by atoms with Crippen LogP contribution in [0.2, 0.25) is 0 Å². The van der Waals surface area contributed by atoms with E-state index in [2.05, 4.69) is 10.5 Å². The molecule has 0 aliphatic rings. The Bertz CT molecular complexity index is 780. The summed E-state index contributed by atoms with van der Waals surface area (Å²) in [6.45, 7) is 0.532. The second-order valence-corrected chi connectivity index (χ2v) is 5.11. The Kier molecular flexibility index (Phi) is 4.38. The molecule has 0 saturated carbocycles. The number of hydrogen-bond donors (Lipinski definition) is 2. The summed E-state index contributed by atoms with van der Waals surface area (Å²) in [5, 5.41) is 15.9. The van der Waals surface area contributed by atoms with Gasteiger partial charge in [0.15, 0.2) is 11.5 Å². The molecule has 0 aliphatic heterocycles. The predicted octanol–water partition coefficient (Wildman–Crippen LogP) is 3.02. The normalized spacial score (nSPS) is 10.4. The number of aromatic hydroxyl groups is 1. The molecule has 0 atom stereocenters. The van der Waals surface area contributed by atoms with Crippen LogP contribution < -0.4 is 5.32 Å². The first-order valence-electron chi connectivity index (χ1n) is 7.30. The van der Waals surface area contributed by atoms with Crippen LogP contribution in [-0.4, -0.2) is 22.7 Å². The molecule has 0 radical (unpaired) electrons. The van der Waals surface area contributed by atoms with Gasteiger partial charge in [-0.05, 0) is 36.2 Å². The summed E-state index contributed by atoms with van der Waals surface area (Å²) in [4.78, 5) is 12.1. The standard InChI is InChI=1S/C18H16N2O3/c21-15-8-6-14(7-9-15)17-12-16(20-23-17)18(22)19-11-10-13-4-2-1-3-5-13/h1-9,12,21H,10-11H2,(H,19,22). The van der Waals surface area contributed by atoms with Crippen molar-refractivity contribution in [1.29, 1.82) is 0 Å². The Hall–Kier alpha value is -3.08. The first-order chi connectivity index (χ1) is 11.2. The summed E-state index contributed by atoms with van der Waals surface area (Å²) in [5.74, 6) is 0.389. The second-order valence-electron chi connectivity index (χ2n) is 5.11. The molecular weight excluding hydrogens is 292 g/mol. The number of hydrogen-bond acceptors (Lipinski definition) is 4. The zero-order chi connectivity index (χ0) is 16.1. The minimum atomic E-state index is -0.269. The van der Waals surface area contributed by atoms with Gasteiger partial charge in [0.25, 0.3) is 5.91 Å². The van der Waals surface area contributed by atoms with Crippen LogP contribution in [0, 0.1) is 0 Å². The highest BCUT2D eigenvalue weighted by Crippen LogP contribution is 2.22. The van der Waals surface area contributed by atoms with E-state index >= 15 is 0 Å². The Balaban J connectivity index is 1.59. The molecule has 0 fully saturated rings. The Morgan fingerprint density at radius 1 is 1.09 bits per heavy atom. The third kappa shape index (κ3) is 3.77. The third-order valence-electron chi connectivity index (χ3n) is 3.44. The van der Waals surface area contributed by atoms with Gasteiger partial charge in [-0.3, -0.25) is 4.79 Å². The van der Waals surface area contributed by atoms with Crippen LogP contribution in [0.15, 0.2) is 65.2 Å². The monoisotopic (exact) mass is 308 g/mol. The van der Waals surface area contributed by atoms with Gasteiger partial charge < -0.3 is 14.9 Å². The molecule has 1 aromatic heterocycles. The average molecular weight is 308 g/mol. The van der Waals surface area contributed by atoms with Crippen molar-refractivity contribution < 1.29 is 14.4 Å². The zero-order valence-corrected chi connectivity index (χ0v) is 12.4. The highest BCUT2D eigenvalue weighted by molar-refractivity contribution is 5.93. The molecule has 1 amide bonds. The fourth-order valence-corrected chi connectivity index (χ4v) is 2.20. The number of nitrogens with zero attached hydrogens (tertiary/aromatic N) is 1. The van der Waals surface area contributed by atoms with Gasteiger partial charge in [-0.25, -0.2) is 0 Å². The molecule has 2 N–H and O–H groups in total. The number of nitrogens with one attached hydrogen (secondary N) is 1. The number of benzene rings is 2. The van der Waals surface area contributed by atoms with Crippen molar-refractivity contribution in [3.63, 3.8) is 0 Å². The van der Waals surface area contributed by atoms with Crippen LogP contribution in [0.3, 0.4) is 0 Å². The molecule has 0 spiro atoms. The van der Waals surface area contributed by atoms with E-state index in [-0.39, 0.29) is 17.4 Å². The number of carbonyl (C=O) groups is 1. The summed E-state index contributed by atoms with van der Waals surface area (Å²) in [7, 11) is 0. The maximum Gasteiger partial charge on any atom is 0.273 e. The van der Waals surface area contributed by atoms with Crippen molar-refractivity contribution in [2.75, 3.05) is 6.54 Å². The second kappa shape index (κ2) is 6.79. The molecule has 5 nitrogen and oxygen atoms in total. The van der Waals surface area contributed by atoms with Gasteiger partial charge in [0, 0.05) is 18.2 Å². The first-order valence-corrected chi connectivity index (χ1v) is 7.30. The van der Waals surface area contributed by atoms with Crippen molar-refractivity contribution in [2.45, 2.75) is 6.42 Å². The van der Waals surface area contributed by atoms with Crippen LogP contribution in [-0.2, 0) is 6.42 Å². The molecule has 2 aromatic carbocycles.